The number of carbonyl (C=O) groups is 1. The molecule has 3 nitrogen and oxygen atoms in total. The van der Waals surface area contributed by atoms with Crippen molar-refractivity contribution in [3.63, 3.8) is 0 Å². The summed E-state index contributed by atoms with van der Waals surface area (Å²) in [5, 5.41) is 3.63. The van der Waals surface area contributed by atoms with E-state index in [2.05, 4.69) is 21.2 Å². The van der Waals surface area contributed by atoms with Crippen LogP contribution in [0.3, 0.4) is 0 Å². The summed E-state index contributed by atoms with van der Waals surface area (Å²) in [5.41, 5.74) is -0.00135. The topological polar surface area (TPSA) is 38.3 Å². The quantitative estimate of drug-likeness (QED) is 0.810. The lowest BCUT2D eigenvalue weighted by atomic mass is 9.95. The van der Waals surface area contributed by atoms with E-state index in [1.807, 2.05) is 13.8 Å². The maximum Gasteiger partial charge on any atom is 0.251 e. The van der Waals surface area contributed by atoms with Crippen LogP contribution in [0.4, 0.5) is 4.39 Å². The Morgan fingerprint density at radius 1 is 1.42 bits per heavy atom. The molecule has 0 spiro atoms. The Hall–Kier alpha value is -1.10. The number of amides is 1. The van der Waals surface area contributed by atoms with Gasteiger partial charge < -0.3 is 10.1 Å². The molecule has 0 heterocycles. The minimum Gasteiger partial charge on any atom is -0.494 e. The molecular weight excluding hydrogens is 313 g/mol. The molecule has 1 N–H and O–H groups in total. The first-order valence-corrected chi connectivity index (χ1v) is 7.36. The van der Waals surface area contributed by atoms with Crippen LogP contribution in [0.2, 0.25) is 0 Å². The van der Waals surface area contributed by atoms with Crippen molar-refractivity contribution in [3.05, 3.63) is 29.6 Å². The first-order valence-electron chi connectivity index (χ1n) is 6.24. The van der Waals surface area contributed by atoms with E-state index in [1.165, 1.54) is 19.2 Å². The minimum atomic E-state index is -0.535. The number of hydrogen-bond acceptors (Lipinski definition) is 2. The molecule has 0 atom stereocenters. The molecular formula is C14H19BrFNO2. The second-order valence-electron chi connectivity index (χ2n) is 4.42. The zero-order valence-electron chi connectivity index (χ0n) is 11.4. The first-order chi connectivity index (χ1) is 9.01. The maximum absolute atomic E-state index is 13.6. The standard InChI is InChI=1S/C14H19BrFNO2/c1-4-14(5-2,9-15)17-13(18)10-6-7-12(19-3)11(16)8-10/h6-8H,4-5,9H2,1-3H3,(H,17,18). The molecule has 1 rings (SSSR count). The van der Waals surface area contributed by atoms with Crippen molar-refractivity contribution in [1.82, 2.24) is 5.32 Å². The number of ether oxygens (including phenoxy) is 1. The van der Waals surface area contributed by atoms with Gasteiger partial charge in [-0.05, 0) is 31.0 Å². The van der Waals surface area contributed by atoms with Gasteiger partial charge in [0, 0.05) is 16.4 Å². The molecule has 0 saturated carbocycles. The normalized spacial score (nSPS) is 11.2. The molecule has 1 aromatic rings. The third kappa shape index (κ3) is 3.69. The molecule has 0 saturated heterocycles. The lowest BCUT2D eigenvalue weighted by molar-refractivity contribution is 0.0903. The van der Waals surface area contributed by atoms with Gasteiger partial charge in [0.1, 0.15) is 0 Å². The molecule has 0 aliphatic rings. The summed E-state index contributed by atoms with van der Waals surface area (Å²) in [7, 11) is 1.39. The molecule has 0 radical (unpaired) electrons. The lowest BCUT2D eigenvalue weighted by Gasteiger charge is -2.31. The van der Waals surface area contributed by atoms with Gasteiger partial charge in [-0.25, -0.2) is 4.39 Å². The van der Waals surface area contributed by atoms with Gasteiger partial charge in [0.15, 0.2) is 11.6 Å². The number of carbonyl (C=O) groups excluding carboxylic acids is 1. The maximum atomic E-state index is 13.6. The monoisotopic (exact) mass is 331 g/mol. The van der Waals surface area contributed by atoms with Crippen LogP contribution >= 0.6 is 15.9 Å². The molecule has 0 aliphatic carbocycles. The van der Waals surface area contributed by atoms with E-state index in [9.17, 15) is 9.18 Å². The highest BCUT2D eigenvalue weighted by Gasteiger charge is 2.27. The zero-order valence-corrected chi connectivity index (χ0v) is 13.0. The number of hydrogen-bond donors (Lipinski definition) is 1. The number of methoxy groups -OCH3 is 1. The second-order valence-corrected chi connectivity index (χ2v) is 4.99. The fourth-order valence-corrected chi connectivity index (χ4v) is 2.70. The Balaban J connectivity index is 2.92. The van der Waals surface area contributed by atoms with Crippen molar-refractivity contribution >= 4 is 21.8 Å². The molecule has 19 heavy (non-hydrogen) atoms. The van der Waals surface area contributed by atoms with E-state index in [4.69, 9.17) is 4.74 Å². The van der Waals surface area contributed by atoms with Crippen molar-refractivity contribution in [2.24, 2.45) is 0 Å². The molecule has 0 aliphatic heterocycles. The van der Waals surface area contributed by atoms with Gasteiger partial charge in [0.2, 0.25) is 0 Å². The molecule has 0 aromatic heterocycles. The predicted octanol–water partition coefficient (Wildman–Crippen LogP) is 3.52. The van der Waals surface area contributed by atoms with Crippen LogP contribution in [0.5, 0.6) is 5.75 Å². The Bertz CT molecular complexity index is 439. The zero-order chi connectivity index (χ0) is 14.5. The number of benzene rings is 1. The van der Waals surface area contributed by atoms with Crippen molar-refractivity contribution in [2.75, 3.05) is 12.4 Å². The Morgan fingerprint density at radius 3 is 2.47 bits per heavy atom. The van der Waals surface area contributed by atoms with Crippen molar-refractivity contribution in [1.29, 1.82) is 0 Å². The Kier molecular flexibility index (Phi) is 5.79. The fraction of sp³-hybridized carbons (Fsp3) is 0.500. The summed E-state index contributed by atoms with van der Waals surface area (Å²) in [6, 6.07) is 4.21. The largest absolute Gasteiger partial charge is 0.494 e. The summed E-state index contributed by atoms with van der Waals surface area (Å²) >= 11 is 3.42. The highest BCUT2D eigenvalue weighted by Crippen LogP contribution is 2.21. The van der Waals surface area contributed by atoms with Gasteiger partial charge >= 0.3 is 0 Å². The van der Waals surface area contributed by atoms with E-state index in [-0.39, 0.29) is 17.2 Å². The molecule has 0 bridgehead atoms. The van der Waals surface area contributed by atoms with Crippen LogP contribution in [-0.4, -0.2) is 23.9 Å². The average molecular weight is 332 g/mol. The molecule has 0 fully saturated rings. The van der Waals surface area contributed by atoms with E-state index in [0.29, 0.717) is 10.9 Å². The number of nitrogens with one attached hydrogen (secondary N) is 1. The van der Waals surface area contributed by atoms with Crippen molar-refractivity contribution < 1.29 is 13.9 Å². The molecule has 0 unspecified atom stereocenters. The summed E-state index contributed by atoms with van der Waals surface area (Å²) in [6.07, 6.45) is 1.61. The first kappa shape index (κ1) is 16.0. The third-order valence-electron chi connectivity index (χ3n) is 3.40. The molecule has 5 heteroatoms. The number of alkyl halides is 1. The molecule has 106 valence electrons. The molecule has 1 amide bonds. The van der Waals surface area contributed by atoms with E-state index < -0.39 is 5.82 Å². The number of halogens is 2. The second kappa shape index (κ2) is 6.89. The highest BCUT2D eigenvalue weighted by molar-refractivity contribution is 9.09. The van der Waals surface area contributed by atoms with Gasteiger partial charge in [0.05, 0.1) is 7.11 Å². The smallest absolute Gasteiger partial charge is 0.251 e. The van der Waals surface area contributed by atoms with Gasteiger partial charge in [-0.1, -0.05) is 29.8 Å². The Morgan fingerprint density at radius 2 is 2.05 bits per heavy atom. The number of rotatable bonds is 6. The van der Waals surface area contributed by atoms with Gasteiger partial charge in [0.25, 0.3) is 5.91 Å². The fourth-order valence-electron chi connectivity index (χ4n) is 1.77. The van der Waals surface area contributed by atoms with Crippen molar-refractivity contribution in [2.45, 2.75) is 32.2 Å². The lowest BCUT2D eigenvalue weighted by Crippen LogP contribution is -2.49. The van der Waals surface area contributed by atoms with Crippen LogP contribution < -0.4 is 10.1 Å². The van der Waals surface area contributed by atoms with Crippen molar-refractivity contribution in [3.8, 4) is 5.75 Å². The predicted molar refractivity (Wildman–Crippen MR) is 77.5 cm³/mol. The summed E-state index contributed by atoms with van der Waals surface area (Å²) in [6.45, 7) is 4.03. The Labute approximate surface area is 121 Å². The summed E-state index contributed by atoms with van der Waals surface area (Å²) < 4.78 is 18.4. The van der Waals surface area contributed by atoms with Gasteiger partial charge in [-0.15, -0.1) is 0 Å². The average Bonchev–Trinajstić information content (AvgIpc) is 2.44. The SMILES string of the molecule is CCC(CC)(CBr)NC(=O)c1ccc(OC)c(F)c1. The van der Waals surface area contributed by atoms with Gasteiger partial charge in [-0.2, -0.15) is 0 Å². The molecule has 1 aromatic carbocycles. The third-order valence-corrected chi connectivity index (χ3v) is 4.48. The highest BCUT2D eigenvalue weighted by atomic mass is 79.9. The van der Waals surface area contributed by atoms with Gasteiger partial charge in [-0.3, -0.25) is 4.79 Å². The van der Waals surface area contributed by atoms with Crippen LogP contribution in [0, 0.1) is 5.82 Å². The summed E-state index contributed by atoms with van der Waals surface area (Å²) in [5.74, 6) is -0.674. The summed E-state index contributed by atoms with van der Waals surface area (Å²) in [4.78, 5) is 12.1. The van der Waals surface area contributed by atoms with E-state index >= 15 is 0 Å². The van der Waals surface area contributed by atoms with Crippen LogP contribution in [-0.2, 0) is 0 Å². The van der Waals surface area contributed by atoms with Crippen LogP contribution in [0.25, 0.3) is 0 Å². The van der Waals surface area contributed by atoms with Crippen LogP contribution in [0.1, 0.15) is 37.0 Å². The van der Waals surface area contributed by atoms with E-state index in [1.54, 1.807) is 6.07 Å². The van der Waals surface area contributed by atoms with Crippen LogP contribution in [0.15, 0.2) is 18.2 Å². The minimum absolute atomic E-state index is 0.134. The van der Waals surface area contributed by atoms with E-state index in [0.717, 1.165) is 12.8 Å².